The standard InChI is InChI=1S/C15H21F2N3O3/c1-3-22-8-11-5-15(16,17)9-20(11)12-6-19(7-12)14(21)13-4-10(2)23-18-13/h4,11-12H,3,5-9H2,1-2H3/t11-/m0/s1. The molecule has 1 amide bonds. The first-order valence-electron chi connectivity index (χ1n) is 7.83. The minimum absolute atomic E-state index is 0.0502. The van der Waals surface area contributed by atoms with Gasteiger partial charge >= 0.3 is 0 Å². The summed E-state index contributed by atoms with van der Waals surface area (Å²) < 4.78 is 37.7. The second-order valence-corrected chi connectivity index (χ2v) is 6.23. The number of likely N-dealkylation sites (tertiary alicyclic amines) is 2. The van der Waals surface area contributed by atoms with Crippen LogP contribution in [0.4, 0.5) is 8.78 Å². The molecule has 2 fully saturated rings. The van der Waals surface area contributed by atoms with E-state index >= 15 is 0 Å². The van der Waals surface area contributed by atoms with E-state index in [1.807, 2.05) is 6.92 Å². The first-order valence-corrected chi connectivity index (χ1v) is 7.83. The van der Waals surface area contributed by atoms with Crippen LogP contribution in [0.15, 0.2) is 10.6 Å². The summed E-state index contributed by atoms with van der Waals surface area (Å²) in [7, 11) is 0. The normalized spacial score (nSPS) is 24.9. The van der Waals surface area contributed by atoms with Gasteiger partial charge in [-0.15, -0.1) is 0 Å². The van der Waals surface area contributed by atoms with Crippen LogP contribution in [0.1, 0.15) is 29.6 Å². The maximum atomic E-state index is 13.7. The fourth-order valence-corrected chi connectivity index (χ4v) is 3.22. The fourth-order valence-electron chi connectivity index (χ4n) is 3.22. The summed E-state index contributed by atoms with van der Waals surface area (Å²) >= 11 is 0. The van der Waals surface area contributed by atoms with E-state index in [-0.39, 0.29) is 36.7 Å². The Labute approximate surface area is 133 Å². The Morgan fingerprint density at radius 2 is 2.26 bits per heavy atom. The van der Waals surface area contributed by atoms with Crippen molar-refractivity contribution in [2.45, 2.75) is 38.3 Å². The molecule has 1 aromatic heterocycles. The lowest BCUT2D eigenvalue weighted by molar-refractivity contribution is -0.0150. The number of hydrogen-bond donors (Lipinski definition) is 0. The van der Waals surface area contributed by atoms with Gasteiger partial charge in [0.1, 0.15) is 5.76 Å². The van der Waals surface area contributed by atoms with Crippen LogP contribution in [0.5, 0.6) is 0 Å². The quantitative estimate of drug-likeness (QED) is 0.820. The van der Waals surface area contributed by atoms with Crippen LogP contribution in [0, 0.1) is 6.92 Å². The predicted molar refractivity (Wildman–Crippen MR) is 77.5 cm³/mol. The lowest BCUT2D eigenvalue weighted by Gasteiger charge is -2.45. The highest BCUT2D eigenvalue weighted by molar-refractivity contribution is 5.92. The third-order valence-corrected chi connectivity index (χ3v) is 4.40. The molecule has 1 atom stereocenters. The maximum absolute atomic E-state index is 13.7. The molecular weight excluding hydrogens is 308 g/mol. The molecule has 2 saturated heterocycles. The van der Waals surface area contributed by atoms with Crippen LogP contribution in [-0.2, 0) is 4.74 Å². The van der Waals surface area contributed by atoms with Gasteiger partial charge < -0.3 is 14.2 Å². The van der Waals surface area contributed by atoms with Crippen molar-refractivity contribution >= 4 is 5.91 Å². The molecule has 0 N–H and O–H groups in total. The van der Waals surface area contributed by atoms with Crippen LogP contribution >= 0.6 is 0 Å². The summed E-state index contributed by atoms with van der Waals surface area (Å²) in [5, 5.41) is 3.70. The van der Waals surface area contributed by atoms with Crippen molar-refractivity contribution in [3.63, 3.8) is 0 Å². The monoisotopic (exact) mass is 329 g/mol. The summed E-state index contributed by atoms with van der Waals surface area (Å²) in [6.07, 6.45) is -0.181. The molecule has 0 aromatic carbocycles. The molecule has 0 spiro atoms. The highest BCUT2D eigenvalue weighted by Crippen LogP contribution is 2.35. The lowest BCUT2D eigenvalue weighted by Crippen LogP contribution is -2.62. The van der Waals surface area contributed by atoms with Crippen molar-refractivity contribution in [3.8, 4) is 0 Å². The Morgan fingerprint density at radius 1 is 1.52 bits per heavy atom. The molecule has 0 unspecified atom stereocenters. The van der Waals surface area contributed by atoms with E-state index in [0.29, 0.717) is 32.1 Å². The summed E-state index contributed by atoms with van der Waals surface area (Å²) in [5.74, 6) is -2.33. The smallest absolute Gasteiger partial charge is 0.276 e. The largest absolute Gasteiger partial charge is 0.380 e. The molecule has 3 heterocycles. The van der Waals surface area contributed by atoms with Crippen LogP contribution in [0.25, 0.3) is 0 Å². The van der Waals surface area contributed by atoms with Gasteiger partial charge in [0.25, 0.3) is 11.8 Å². The number of nitrogens with zero attached hydrogens (tertiary/aromatic N) is 3. The molecule has 3 rings (SSSR count). The van der Waals surface area contributed by atoms with Crippen molar-refractivity contribution in [2.75, 3.05) is 32.8 Å². The minimum Gasteiger partial charge on any atom is -0.380 e. The fraction of sp³-hybridized carbons (Fsp3) is 0.733. The lowest BCUT2D eigenvalue weighted by atomic mass is 10.1. The summed E-state index contributed by atoms with van der Waals surface area (Å²) in [5.41, 5.74) is 0.263. The number of hydrogen-bond acceptors (Lipinski definition) is 5. The maximum Gasteiger partial charge on any atom is 0.276 e. The van der Waals surface area contributed by atoms with E-state index in [2.05, 4.69) is 5.16 Å². The molecule has 6 nitrogen and oxygen atoms in total. The number of halogens is 2. The second-order valence-electron chi connectivity index (χ2n) is 6.23. The molecule has 0 aliphatic carbocycles. The summed E-state index contributed by atoms with van der Waals surface area (Å²) in [6, 6.07) is 1.24. The van der Waals surface area contributed by atoms with Crippen LogP contribution < -0.4 is 0 Å². The third-order valence-electron chi connectivity index (χ3n) is 4.40. The van der Waals surface area contributed by atoms with Gasteiger partial charge in [-0.25, -0.2) is 8.78 Å². The van der Waals surface area contributed by atoms with Gasteiger partial charge in [0, 0.05) is 44.3 Å². The van der Waals surface area contributed by atoms with E-state index < -0.39 is 5.92 Å². The average Bonchev–Trinajstić information content (AvgIpc) is 2.98. The van der Waals surface area contributed by atoms with Crippen molar-refractivity contribution in [1.29, 1.82) is 0 Å². The molecule has 2 aliphatic heterocycles. The SMILES string of the molecule is CCOC[C@@H]1CC(F)(F)CN1C1CN(C(=O)c2cc(C)on2)C1. The number of carbonyl (C=O) groups is 1. The molecule has 0 radical (unpaired) electrons. The Morgan fingerprint density at radius 3 is 2.87 bits per heavy atom. The van der Waals surface area contributed by atoms with Gasteiger partial charge in [0.15, 0.2) is 5.69 Å². The van der Waals surface area contributed by atoms with Crippen molar-refractivity contribution in [2.24, 2.45) is 0 Å². The van der Waals surface area contributed by atoms with Gasteiger partial charge in [-0.05, 0) is 13.8 Å². The van der Waals surface area contributed by atoms with Gasteiger partial charge in [-0.1, -0.05) is 5.16 Å². The molecule has 8 heteroatoms. The van der Waals surface area contributed by atoms with E-state index in [1.165, 1.54) is 0 Å². The Hall–Kier alpha value is -1.54. The highest BCUT2D eigenvalue weighted by atomic mass is 19.3. The van der Waals surface area contributed by atoms with Gasteiger partial charge in [-0.2, -0.15) is 0 Å². The van der Waals surface area contributed by atoms with E-state index in [1.54, 1.807) is 22.8 Å². The number of aromatic nitrogens is 1. The van der Waals surface area contributed by atoms with Gasteiger partial charge in [0.05, 0.1) is 13.2 Å². The Balaban J connectivity index is 1.58. The Bertz CT molecular complexity index is 572. The molecule has 0 bridgehead atoms. The molecular formula is C15H21F2N3O3. The first kappa shape index (κ1) is 16.3. The number of amides is 1. The first-order chi connectivity index (χ1) is 10.9. The van der Waals surface area contributed by atoms with Gasteiger partial charge in [0.2, 0.25) is 0 Å². The van der Waals surface area contributed by atoms with Crippen molar-refractivity contribution < 1.29 is 22.8 Å². The number of rotatable bonds is 5. The topological polar surface area (TPSA) is 58.8 Å². The average molecular weight is 329 g/mol. The van der Waals surface area contributed by atoms with Crippen LogP contribution in [0.3, 0.4) is 0 Å². The van der Waals surface area contributed by atoms with E-state index in [9.17, 15) is 13.6 Å². The third kappa shape index (κ3) is 3.37. The van der Waals surface area contributed by atoms with Crippen molar-refractivity contribution in [1.82, 2.24) is 15.0 Å². The number of carbonyl (C=O) groups excluding carboxylic acids is 1. The predicted octanol–water partition coefficient (Wildman–Crippen LogP) is 1.55. The molecule has 0 saturated carbocycles. The number of aryl methyl sites for hydroxylation is 1. The zero-order chi connectivity index (χ0) is 16.6. The molecule has 23 heavy (non-hydrogen) atoms. The zero-order valence-electron chi connectivity index (χ0n) is 13.3. The number of ether oxygens (including phenoxy) is 1. The van der Waals surface area contributed by atoms with Crippen LogP contribution in [0.2, 0.25) is 0 Å². The van der Waals surface area contributed by atoms with E-state index in [0.717, 1.165) is 0 Å². The minimum atomic E-state index is -2.69. The molecule has 2 aliphatic rings. The summed E-state index contributed by atoms with van der Waals surface area (Å²) in [4.78, 5) is 15.6. The zero-order valence-corrected chi connectivity index (χ0v) is 13.3. The Kier molecular flexibility index (Phi) is 4.37. The molecule has 1 aromatic rings. The molecule has 128 valence electrons. The van der Waals surface area contributed by atoms with E-state index in [4.69, 9.17) is 9.26 Å². The highest BCUT2D eigenvalue weighted by Gasteiger charge is 2.50. The summed E-state index contributed by atoms with van der Waals surface area (Å²) in [6.45, 7) is 4.98. The number of alkyl halides is 2. The second kappa shape index (κ2) is 6.16. The van der Waals surface area contributed by atoms with Crippen molar-refractivity contribution in [3.05, 3.63) is 17.5 Å². The van der Waals surface area contributed by atoms with Gasteiger partial charge in [-0.3, -0.25) is 9.69 Å². The van der Waals surface area contributed by atoms with Crippen LogP contribution in [-0.4, -0.2) is 71.7 Å².